The molecule has 0 unspecified atom stereocenters. The molecule has 1 saturated heterocycles. The molecule has 1 fully saturated rings. The number of carbonyl (C=O) groups excluding carboxylic acids is 2. The van der Waals surface area contributed by atoms with E-state index < -0.39 is 6.04 Å². The summed E-state index contributed by atoms with van der Waals surface area (Å²) in [4.78, 5) is 31.4. The number of aryl methyl sites for hydroxylation is 1. The van der Waals surface area contributed by atoms with E-state index in [2.05, 4.69) is 10.3 Å². The Morgan fingerprint density at radius 1 is 1.55 bits per heavy atom. The summed E-state index contributed by atoms with van der Waals surface area (Å²) in [5.74, 6) is 0.959. The van der Waals surface area contributed by atoms with E-state index in [1.807, 2.05) is 20.8 Å². The van der Waals surface area contributed by atoms with Gasteiger partial charge in [0.25, 0.3) is 0 Å². The van der Waals surface area contributed by atoms with Crippen molar-refractivity contribution in [1.29, 1.82) is 0 Å². The fourth-order valence-corrected chi connectivity index (χ4v) is 3.88. The van der Waals surface area contributed by atoms with Crippen LogP contribution < -0.4 is 5.32 Å². The molecule has 1 atom stereocenters. The van der Waals surface area contributed by atoms with Crippen LogP contribution in [0.5, 0.6) is 0 Å². The number of amides is 2. The maximum atomic E-state index is 12.3. The third kappa shape index (κ3) is 4.69. The monoisotopic (exact) mass is 343 g/mol. The van der Waals surface area contributed by atoms with E-state index in [4.69, 9.17) is 4.74 Å². The molecule has 1 aliphatic heterocycles. The minimum atomic E-state index is -0.430. The molecule has 1 aromatic heterocycles. The molecule has 2 rings (SSSR count). The fraction of sp³-hybridized carbons (Fsp3) is 0.643. The van der Waals surface area contributed by atoms with Crippen LogP contribution in [0, 0.1) is 6.92 Å². The molecule has 6 nitrogen and oxygen atoms in total. The molecule has 2 amide bonds. The van der Waals surface area contributed by atoms with Crippen LogP contribution >= 0.6 is 23.1 Å². The Morgan fingerprint density at radius 3 is 2.95 bits per heavy atom. The molecule has 0 aromatic carbocycles. The molecule has 0 radical (unpaired) electrons. The van der Waals surface area contributed by atoms with E-state index in [0.717, 1.165) is 4.88 Å². The predicted molar refractivity (Wildman–Crippen MR) is 89.1 cm³/mol. The first-order valence-electron chi connectivity index (χ1n) is 7.19. The highest BCUT2D eigenvalue weighted by Gasteiger charge is 2.34. The van der Waals surface area contributed by atoms with Crippen molar-refractivity contribution >= 4 is 40.0 Å². The van der Waals surface area contributed by atoms with Crippen LogP contribution in [0.1, 0.15) is 25.1 Å². The van der Waals surface area contributed by atoms with E-state index in [9.17, 15) is 9.59 Å². The average molecular weight is 343 g/mol. The smallest absolute Gasteiger partial charge is 0.249 e. The Balaban J connectivity index is 1.89. The van der Waals surface area contributed by atoms with Gasteiger partial charge in [0.2, 0.25) is 11.8 Å². The van der Waals surface area contributed by atoms with E-state index in [1.54, 1.807) is 22.9 Å². The van der Waals surface area contributed by atoms with Crippen LogP contribution in [-0.2, 0) is 14.3 Å². The number of rotatable bonds is 6. The molecule has 22 heavy (non-hydrogen) atoms. The Kier molecular flexibility index (Phi) is 6.22. The lowest BCUT2D eigenvalue weighted by Gasteiger charge is -2.22. The zero-order valence-corrected chi connectivity index (χ0v) is 14.6. The molecule has 1 aliphatic rings. The second kappa shape index (κ2) is 7.94. The number of ether oxygens (including phenoxy) is 1. The second-order valence-electron chi connectivity index (χ2n) is 5.31. The second-order valence-corrected chi connectivity index (χ2v) is 7.55. The van der Waals surface area contributed by atoms with Crippen LogP contribution in [0.25, 0.3) is 0 Å². The molecule has 1 N–H and O–H groups in total. The lowest BCUT2D eigenvalue weighted by molar-refractivity contribution is -0.137. The van der Waals surface area contributed by atoms with E-state index in [0.29, 0.717) is 29.8 Å². The molecule has 0 saturated carbocycles. The first-order chi connectivity index (χ1) is 10.5. The van der Waals surface area contributed by atoms with Crippen LogP contribution in [-0.4, -0.2) is 52.1 Å². The van der Waals surface area contributed by atoms with Crippen molar-refractivity contribution in [2.45, 2.75) is 39.3 Å². The number of thiazole rings is 1. The van der Waals surface area contributed by atoms with E-state index in [-0.39, 0.29) is 17.9 Å². The highest BCUT2D eigenvalue weighted by atomic mass is 32.2. The van der Waals surface area contributed by atoms with Crippen molar-refractivity contribution < 1.29 is 14.3 Å². The molecule has 122 valence electrons. The first kappa shape index (κ1) is 17.2. The van der Waals surface area contributed by atoms with Gasteiger partial charge in [-0.05, 0) is 20.8 Å². The number of nitrogens with zero attached hydrogens (tertiary/aromatic N) is 2. The zero-order valence-electron chi connectivity index (χ0n) is 13.0. The lowest BCUT2D eigenvalue weighted by atomic mass is 10.2. The van der Waals surface area contributed by atoms with Gasteiger partial charge in [0.15, 0.2) is 5.13 Å². The summed E-state index contributed by atoms with van der Waals surface area (Å²) in [6.07, 6.45) is 2.13. The van der Waals surface area contributed by atoms with Gasteiger partial charge in [-0.3, -0.25) is 9.59 Å². The Hall–Kier alpha value is -1.12. The first-order valence-corrected chi connectivity index (χ1v) is 9.16. The molecular formula is C14H21N3O3S2. The normalized spacial score (nSPS) is 18.0. The maximum Gasteiger partial charge on any atom is 0.249 e. The quantitative estimate of drug-likeness (QED) is 0.856. The Morgan fingerprint density at radius 2 is 2.32 bits per heavy atom. The van der Waals surface area contributed by atoms with Crippen molar-refractivity contribution in [3.8, 4) is 0 Å². The van der Waals surface area contributed by atoms with Gasteiger partial charge in [0, 0.05) is 16.8 Å². The molecule has 8 heteroatoms. The number of thioether (sulfide) groups is 1. The molecule has 0 aliphatic carbocycles. The summed E-state index contributed by atoms with van der Waals surface area (Å²) in [6.45, 7) is 6.19. The van der Waals surface area contributed by atoms with Crippen LogP contribution in [0.15, 0.2) is 6.20 Å². The predicted octanol–water partition coefficient (Wildman–Crippen LogP) is 2.11. The number of anilines is 1. The number of hydrogen-bond donors (Lipinski definition) is 1. The molecule has 2 heterocycles. The van der Waals surface area contributed by atoms with Gasteiger partial charge in [0.05, 0.1) is 25.0 Å². The standard InChI is InChI=1S/C14H21N3O3S2/c1-9(2)20-5-4-12(18)17-8-21-7-11(17)13(19)16-14-15-6-10(3)22-14/h6,9,11H,4-5,7-8H2,1-3H3,(H,15,16,19)/t11-/m0/s1. The van der Waals surface area contributed by atoms with Gasteiger partial charge in [-0.2, -0.15) is 0 Å². The minimum Gasteiger partial charge on any atom is -0.378 e. The Bertz CT molecular complexity index is 533. The van der Waals surface area contributed by atoms with E-state index >= 15 is 0 Å². The summed E-state index contributed by atoms with van der Waals surface area (Å²) in [5, 5.41) is 3.37. The maximum absolute atomic E-state index is 12.3. The van der Waals surface area contributed by atoms with Gasteiger partial charge < -0.3 is 15.0 Å². The van der Waals surface area contributed by atoms with Gasteiger partial charge in [-0.1, -0.05) is 0 Å². The number of hydrogen-bond acceptors (Lipinski definition) is 6. The summed E-state index contributed by atoms with van der Waals surface area (Å²) in [6, 6.07) is -0.430. The average Bonchev–Trinajstić information content (AvgIpc) is 3.07. The highest BCUT2D eigenvalue weighted by molar-refractivity contribution is 7.99. The van der Waals surface area contributed by atoms with Crippen molar-refractivity contribution in [2.24, 2.45) is 0 Å². The van der Waals surface area contributed by atoms with Gasteiger partial charge in [-0.25, -0.2) is 4.98 Å². The molecule has 0 bridgehead atoms. The van der Waals surface area contributed by atoms with Gasteiger partial charge in [-0.15, -0.1) is 23.1 Å². The molecular weight excluding hydrogens is 322 g/mol. The van der Waals surface area contributed by atoms with Crippen LogP contribution in [0.3, 0.4) is 0 Å². The van der Waals surface area contributed by atoms with Crippen molar-refractivity contribution in [3.05, 3.63) is 11.1 Å². The Labute approximate surface area is 138 Å². The summed E-state index contributed by atoms with van der Waals surface area (Å²) < 4.78 is 5.40. The molecule has 0 spiro atoms. The van der Waals surface area contributed by atoms with E-state index in [1.165, 1.54) is 11.3 Å². The topological polar surface area (TPSA) is 71.5 Å². The summed E-state index contributed by atoms with van der Waals surface area (Å²) >= 11 is 3.02. The largest absolute Gasteiger partial charge is 0.378 e. The fourth-order valence-electron chi connectivity index (χ4n) is 2.03. The van der Waals surface area contributed by atoms with Crippen LogP contribution in [0.2, 0.25) is 0 Å². The summed E-state index contributed by atoms with van der Waals surface area (Å²) in [5.41, 5.74) is 0. The number of carbonyl (C=O) groups is 2. The van der Waals surface area contributed by atoms with Gasteiger partial charge >= 0.3 is 0 Å². The van der Waals surface area contributed by atoms with Crippen molar-refractivity contribution in [3.63, 3.8) is 0 Å². The molecule has 1 aromatic rings. The SMILES string of the molecule is Cc1cnc(NC(=O)[C@@H]2CSCN2C(=O)CCOC(C)C)s1. The zero-order chi connectivity index (χ0) is 16.1. The number of aromatic nitrogens is 1. The van der Waals surface area contributed by atoms with Gasteiger partial charge in [0.1, 0.15) is 6.04 Å². The van der Waals surface area contributed by atoms with Crippen molar-refractivity contribution in [1.82, 2.24) is 9.88 Å². The van der Waals surface area contributed by atoms with Crippen LogP contribution in [0.4, 0.5) is 5.13 Å². The third-order valence-electron chi connectivity index (χ3n) is 3.12. The van der Waals surface area contributed by atoms with Crippen molar-refractivity contribution in [2.75, 3.05) is 23.6 Å². The summed E-state index contributed by atoms with van der Waals surface area (Å²) in [7, 11) is 0. The number of nitrogens with one attached hydrogen (secondary N) is 1. The lowest BCUT2D eigenvalue weighted by Crippen LogP contribution is -2.44. The third-order valence-corrected chi connectivity index (χ3v) is 4.96. The minimum absolute atomic E-state index is 0.0406. The highest BCUT2D eigenvalue weighted by Crippen LogP contribution is 2.24.